The number of ether oxygens (including phenoxy) is 3. The van der Waals surface area contributed by atoms with Crippen molar-refractivity contribution in [1.82, 2.24) is 4.98 Å². The minimum atomic E-state index is -1.74. The SMILES string of the molecule is COc1cc(OC)c2c(c1Cl)OC1(C(=O)C=C(Nc3ccc4[nH]c(C)cc(=O)c4c3)CC1C)C2=O. The highest BCUT2D eigenvalue weighted by Gasteiger charge is 2.60. The van der Waals surface area contributed by atoms with E-state index in [0.29, 0.717) is 23.2 Å². The highest BCUT2D eigenvalue weighted by Crippen LogP contribution is 2.53. The van der Waals surface area contributed by atoms with Gasteiger partial charge in [-0.1, -0.05) is 18.5 Å². The number of hydrogen-bond donors (Lipinski definition) is 2. The van der Waals surface area contributed by atoms with Crippen LogP contribution in [0, 0.1) is 12.8 Å². The molecule has 3 aromatic rings. The molecule has 0 bridgehead atoms. The van der Waals surface area contributed by atoms with Gasteiger partial charge in [0.2, 0.25) is 17.2 Å². The number of carbonyl (C=O) groups is 2. The van der Waals surface area contributed by atoms with Crippen molar-refractivity contribution >= 4 is 39.8 Å². The molecule has 180 valence electrons. The molecular formula is C26H23ClN2O6. The lowest BCUT2D eigenvalue weighted by Gasteiger charge is -2.35. The first-order valence-corrected chi connectivity index (χ1v) is 11.4. The summed E-state index contributed by atoms with van der Waals surface area (Å²) in [5.41, 5.74) is 1.07. The monoisotopic (exact) mass is 494 g/mol. The molecule has 9 heteroatoms. The number of Topliss-reactive ketones (excluding diaryl/α,β-unsaturated/α-hetero) is 1. The molecule has 0 amide bonds. The Morgan fingerprint density at radius 3 is 2.54 bits per heavy atom. The summed E-state index contributed by atoms with van der Waals surface area (Å²) in [4.78, 5) is 42.6. The molecule has 1 aromatic heterocycles. The number of methoxy groups -OCH3 is 2. The van der Waals surface area contributed by atoms with E-state index in [2.05, 4.69) is 10.3 Å². The van der Waals surface area contributed by atoms with Crippen molar-refractivity contribution in [2.75, 3.05) is 19.5 Å². The molecule has 1 aliphatic carbocycles. The lowest BCUT2D eigenvalue weighted by atomic mass is 9.74. The highest BCUT2D eigenvalue weighted by atomic mass is 35.5. The van der Waals surface area contributed by atoms with Crippen molar-refractivity contribution in [3.8, 4) is 17.2 Å². The molecule has 0 saturated heterocycles. The summed E-state index contributed by atoms with van der Waals surface area (Å²) in [5, 5.41) is 3.86. The minimum absolute atomic E-state index is 0.0851. The number of ketones is 2. The smallest absolute Gasteiger partial charge is 0.236 e. The van der Waals surface area contributed by atoms with Crippen LogP contribution in [0.25, 0.3) is 10.9 Å². The number of allylic oxidation sites excluding steroid dienone is 1. The third kappa shape index (κ3) is 3.39. The first-order chi connectivity index (χ1) is 16.7. The number of aryl methyl sites for hydroxylation is 1. The van der Waals surface area contributed by atoms with E-state index in [-0.39, 0.29) is 33.3 Å². The standard InChI is InChI=1S/C26H23ClN2O6/c1-12-7-15(29-14-5-6-17-16(9-14)18(30)8-13(2)28-17)10-21(31)26(12)25(32)22-19(33-3)11-20(34-4)23(27)24(22)35-26/h5-6,8-12,29H,7H2,1-4H3,(H,28,30). The molecule has 0 saturated carbocycles. The van der Waals surface area contributed by atoms with Crippen molar-refractivity contribution in [2.45, 2.75) is 25.9 Å². The molecule has 2 N–H and O–H groups in total. The van der Waals surface area contributed by atoms with Gasteiger partial charge in [0.25, 0.3) is 0 Å². The van der Waals surface area contributed by atoms with Crippen LogP contribution in [0.3, 0.4) is 0 Å². The van der Waals surface area contributed by atoms with E-state index in [1.165, 1.54) is 32.4 Å². The predicted octanol–water partition coefficient (Wildman–Crippen LogP) is 4.43. The van der Waals surface area contributed by atoms with E-state index >= 15 is 0 Å². The molecule has 2 aromatic carbocycles. The van der Waals surface area contributed by atoms with Gasteiger partial charge in [0.05, 0.1) is 14.2 Å². The average Bonchev–Trinajstić information content (AvgIpc) is 3.13. The van der Waals surface area contributed by atoms with Crippen LogP contribution in [0.2, 0.25) is 5.02 Å². The number of hydrogen-bond acceptors (Lipinski definition) is 7. The first kappa shape index (κ1) is 23.0. The summed E-state index contributed by atoms with van der Waals surface area (Å²) in [6.45, 7) is 3.61. The maximum atomic E-state index is 13.6. The number of benzene rings is 2. The summed E-state index contributed by atoms with van der Waals surface area (Å²) < 4.78 is 16.7. The van der Waals surface area contributed by atoms with Gasteiger partial charge in [-0.15, -0.1) is 0 Å². The van der Waals surface area contributed by atoms with E-state index in [9.17, 15) is 14.4 Å². The number of carbonyl (C=O) groups excluding carboxylic acids is 2. The predicted molar refractivity (Wildman–Crippen MR) is 132 cm³/mol. The number of halogens is 1. The second kappa shape index (κ2) is 8.16. The molecule has 2 unspecified atom stereocenters. The van der Waals surface area contributed by atoms with E-state index in [1.54, 1.807) is 13.0 Å². The van der Waals surface area contributed by atoms with Gasteiger partial charge in [-0.2, -0.15) is 0 Å². The Labute approximate surface area is 205 Å². The van der Waals surface area contributed by atoms with Gasteiger partial charge in [0.15, 0.2) is 11.2 Å². The third-order valence-corrected chi connectivity index (χ3v) is 6.94. The fourth-order valence-electron chi connectivity index (χ4n) is 4.86. The van der Waals surface area contributed by atoms with Gasteiger partial charge in [-0.25, -0.2) is 0 Å². The maximum Gasteiger partial charge on any atom is 0.236 e. The quantitative estimate of drug-likeness (QED) is 0.517. The lowest BCUT2D eigenvalue weighted by Crippen LogP contribution is -2.55. The van der Waals surface area contributed by atoms with Crippen molar-refractivity contribution in [1.29, 1.82) is 0 Å². The summed E-state index contributed by atoms with van der Waals surface area (Å²) in [6.07, 6.45) is 1.73. The zero-order valence-corrected chi connectivity index (χ0v) is 20.3. The van der Waals surface area contributed by atoms with Crippen LogP contribution in [0.1, 0.15) is 29.4 Å². The van der Waals surface area contributed by atoms with Gasteiger partial charge in [-0.3, -0.25) is 14.4 Å². The van der Waals surface area contributed by atoms with Crippen LogP contribution in [0.15, 0.2) is 46.9 Å². The number of H-pyrrole nitrogens is 1. The summed E-state index contributed by atoms with van der Waals surface area (Å²) >= 11 is 6.43. The number of nitrogens with one attached hydrogen (secondary N) is 2. The molecule has 35 heavy (non-hydrogen) atoms. The van der Waals surface area contributed by atoms with Crippen LogP contribution < -0.4 is 25.0 Å². The highest BCUT2D eigenvalue weighted by molar-refractivity contribution is 6.36. The maximum absolute atomic E-state index is 13.6. The molecule has 0 fully saturated rings. The number of aromatic amines is 1. The molecule has 8 nitrogen and oxygen atoms in total. The molecule has 2 atom stereocenters. The van der Waals surface area contributed by atoms with Gasteiger partial charge in [-0.05, 0) is 31.5 Å². The Morgan fingerprint density at radius 1 is 1.11 bits per heavy atom. The van der Waals surface area contributed by atoms with E-state index < -0.39 is 23.1 Å². The zero-order valence-electron chi connectivity index (χ0n) is 19.6. The molecule has 1 aliphatic heterocycles. The summed E-state index contributed by atoms with van der Waals surface area (Å²) in [5.74, 6) is -0.904. The number of rotatable bonds is 4. The van der Waals surface area contributed by atoms with Gasteiger partial charge < -0.3 is 24.5 Å². The lowest BCUT2D eigenvalue weighted by molar-refractivity contribution is -0.129. The van der Waals surface area contributed by atoms with Crippen molar-refractivity contribution in [3.05, 3.63) is 68.6 Å². The Balaban J connectivity index is 1.50. The fraction of sp³-hybridized carbons (Fsp3) is 0.269. The summed E-state index contributed by atoms with van der Waals surface area (Å²) in [7, 11) is 2.86. The second-order valence-corrected chi connectivity index (χ2v) is 9.18. The van der Waals surface area contributed by atoms with Gasteiger partial charge in [0, 0.05) is 52.1 Å². The van der Waals surface area contributed by atoms with Crippen LogP contribution >= 0.6 is 11.6 Å². The van der Waals surface area contributed by atoms with E-state index in [1.807, 2.05) is 19.1 Å². The molecule has 2 heterocycles. The molecule has 0 radical (unpaired) electrons. The Morgan fingerprint density at radius 2 is 1.86 bits per heavy atom. The minimum Gasteiger partial charge on any atom is -0.496 e. The van der Waals surface area contributed by atoms with Gasteiger partial charge >= 0.3 is 0 Å². The van der Waals surface area contributed by atoms with E-state index in [0.717, 1.165) is 11.2 Å². The number of pyridine rings is 1. The second-order valence-electron chi connectivity index (χ2n) is 8.81. The number of anilines is 1. The largest absolute Gasteiger partial charge is 0.496 e. The summed E-state index contributed by atoms with van der Waals surface area (Å²) in [6, 6.07) is 8.41. The average molecular weight is 495 g/mol. The van der Waals surface area contributed by atoms with Crippen LogP contribution in [-0.4, -0.2) is 36.4 Å². The zero-order chi connectivity index (χ0) is 25.1. The number of aromatic nitrogens is 1. The van der Waals surface area contributed by atoms with Crippen LogP contribution in [-0.2, 0) is 4.79 Å². The van der Waals surface area contributed by atoms with Crippen molar-refractivity contribution in [2.24, 2.45) is 5.92 Å². The Bertz CT molecular complexity index is 1510. The number of fused-ring (bicyclic) bond motifs is 2. The molecule has 2 aliphatic rings. The third-order valence-electron chi connectivity index (χ3n) is 6.58. The van der Waals surface area contributed by atoms with Crippen LogP contribution in [0.5, 0.6) is 17.2 Å². The van der Waals surface area contributed by atoms with E-state index in [4.69, 9.17) is 25.8 Å². The fourth-order valence-corrected chi connectivity index (χ4v) is 5.12. The van der Waals surface area contributed by atoms with Crippen molar-refractivity contribution < 1.29 is 23.8 Å². The van der Waals surface area contributed by atoms with Gasteiger partial charge in [0.1, 0.15) is 22.1 Å². The molecular weight excluding hydrogens is 472 g/mol. The first-order valence-electron chi connectivity index (χ1n) is 11.0. The normalized spacial score (nSPS) is 21.1. The van der Waals surface area contributed by atoms with Crippen LogP contribution in [0.4, 0.5) is 5.69 Å². The van der Waals surface area contributed by atoms with Crippen molar-refractivity contribution in [3.63, 3.8) is 0 Å². The molecule has 1 spiro atoms. The Hall–Kier alpha value is -3.78. The topological polar surface area (TPSA) is 107 Å². The molecule has 5 rings (SSSR count). The Kier molecular flexibility index (Phi) is 5.36.